The van der Waals surface area contributed by atoms with Crippen molar-refractivity contribution in [2.75, 3.05) is 51.5 Å². The number of hydrogen-bond donors (Lipinski definition) is 1. The van der Waals surface area contributed by atoms with E-state index in [1.807, 2.05) is 51.3 Å². The number of amides is 2. The zero-order valence-corrected chi connectivity index (χ0v) is 19.2. The molecule has 0 aliphatic heterocycles. The lowest BCUT2D eigenvalue weighted by molar-refractivity contribution is -0.133. The summed E-state index contributed by atoms with van der Waals surface area (Å²) in [5.74, 6) is 0.426. The van der Waals surface area contributed by atoms with E-state index in [1.165, 1.54) is 0 Å². The average Bonchev–Trinajstić information content (AvgIpc) is 3.41. The number of hydrogen-bond acceptors (Lipinski definition) is 4. The molecule has 0 atom stereocenters. The van der Waals surface area contributed by atoms with Gasteiger partial charge in [0, 0.05) is 57.4 Å². The van der Waals surface area contributed by atoms with Gasteiger partial charge in [0.2, 0.25) is 11.8 Å². The van der Waals surface area contributed by atoms with Gasteiger partial charge in [0.05, 0.1) is 0 Å². The van der Waals surface area contributed by atoms with Crippen LogP contribution in [0, 0.1) is 11.3 Å². The van der Waals surface area contributed by atoms with Gasteiger partial charge in [-0.25, -0.2) is 0 Å². The van der Waals surface area contributed by atoms with E-state index in [0.717, 1.165) is 36.3 Å². The van der Waals surface area contributed by atoms with Crippen molar-refractivity contribution in [2.24, 2.45) is 11.3 Å². The Morgan fingerprint density at radius 3 is 2.24 bits per heavy atom. The molecule has 0 unspecified atom stereocenters. The van der Waals surface area contributed by atoms with E-state index in [0.29, 0.717) is 19.5 Å². The maximum Gasteiger partial charge on any atom is 0.227 e. The molecule has 1 aliphatic carbocycles. The highest BCUT2D eigenvalue weighted by molar-refractivity contribution is 5.94. The first kappa shape index (κ1) is 23.2. The largest absolute Gasteiger partial charge is 0.377 e. The molecule has 6 nitrogen and oxygen atoms in total. The average molecular weight is 403 g/mol. The molecule has 0 heterocycles. The van der Waals surface area contributed by atoms with Crippen LogP contribution in [0.2, 0.25) is 0 Å². The molecule has 6 heteroatoms. The van der Waals surface area contributed by atoms with E-state index in [1.54, 1.807) is 0 Å². The van der Waals surface area contributed by atoms with Crippen LogP contribution in [0.1, 0.15) is 45.6 Å². The first-order valence-corrected chi connectivity index (χ1v) is 10.5. The maximum absolute atomic E-state index is 13.0. The van der Waals surface area contributed by atoms with E-state index < -0.39 is 0 Å². The number of likely N-dealkylation sites (N-methyl/N-ethyl adjacent to an activating group) is 1. The lowest BCUT2D eigenvalue weighted by Crippen LogP contribution is -2.38. The van der Waals surface area contributed by atoms with Gasteiger partial charge in [-0.2, -0.15) is 0 Å². The fourth-order valence-electron chi connectivity index (χ4n) is 3.20. The summed E-state index contributed by atoms with van der Waals surface area (Å²) in [6.45, 7) is 8.29. The van der Waals surface area contributed by atoms with Gasteiger partial charge in [0.1, 0.15) is 0 Å². The van der Waals surface area contributed by atoms with E-state index >= 15 is 0 Å². The number of nitrogens with one attached hydrogen (secondary N) is 1. The normalized spacial score (nSPS) is 14.1. The van der Waals surface area contributed by atoms with E-state index in [2.05, 4.69) is 35.9 Å². The molecule has 0 spiro atoms. The highest BCUT2D eigenvalue weighted by Crippen LogP contribution is 2.31. The van der Waals surface area contributed by atoms with Crippen molar-refractivity contribution in [3.63, 3.8) is 0 Å². The number of anilines is 2. The standard InChI is InChI=1S/C23H38N4O2/c1-23(2,3)15-21(28)27(13-12-25(4)5)16-18-14-19(10-11-20(18)26(6)7)24-22(29)17-8-9-17/h10-11,14,17H,8-9,12-13,15-16H2,1-7H3,(H,24,29). The molecule has 162 valence electrons. The minimum atomic E-state index is -0.0576. The highest BCUT2D eigenvalue weighted by atomic mass is 16.2. The second kappa shape index (κ2) is 9.61. The summed E-state index contributed by atoms with van der Waals surface area (Å²) in [5.41, 5.74) is 2.86. The second-order valence-electron chi connectivity index (χ2n) is 9.86. The van der Waals surface area contributed by atoms with E-state index in [9.17, 15) is 9.59 Å². The second-order valence-corrected chi connectivity index (χ2v) is 9.86. The molecule has 0 aromatic heterocycles. The molecule has 1 N–H and O–H groups in total. The molecule has 0 bridgehead atoms. The van der Waals surface area contributed by atoms with Gasteiger partial charge in [-0.15, -0.1) is 0 Å². The summed E-state index contributed by atoms with van der Waals surface area (Å²) in [6, 6.07) is 5.99. The van der Waals surface area contributed by atoms with Gasteiger partial charge in [-0.05, 0) is 56.1 Å². The third kappa shape index (κ3) is 7.69. The zero-order chi connectivity index (χ0) is 21.8. The van der Waals surface area contributed by atoms with Gasteiger partial charge >= 0.3 is 0 Å². The van der Waals surface area contributed by atoms with Crippen LogP contribution in [0.25, 0.3) is 0 Å². The third-order valence-electron chi connectivity index (χ3n) is 4.99. The Hall–Kier alpha value is -2.08. The van der Waals surface area contributed by atoms with Crippen molar-refractivity contribution in [1.29, 1.82) is 0 Å². The van der Waals surface area contributed by atoms with Crippen molar-refractivity contribution in [3.8, 4) is 0 Å². The van der Waals surface area contributed by atoms with E-state index in [4.69, 9.17) is 0 Å². The van der Waals surface area contributed by atoms with Gasteiger partial charge < -0.3 is 20.0 Å². The monoisotopic (exact) mass is 402 g/mol. The summed E-state index contributed by atoms with van der Waals surface area (Å²) in [6.07, 6.45) is 2.47. The van der Waals surface area contributed by atoms with Crippen molar-refractivity contribution in [3.05, 3.63) is 23.8 Å². The van der Waals surface area contributed by atoms with Gasteiger partial charge in [-0.1, -0.05) is 20.8 Å². The number of carbonyl (C=O) groups is 2. The van der Waals surface area contributed by atoms with Crippen molar-refractivity contribution in [2.45, 2.75) is 46.6 Å². The predicted octanol–water partition coefficient (Wildman–Crippen LogP) is 3.43. The number of carbonyl (C=O) groups excluding carboxylic acids is 2. The predicted molar refractivity (Wildman–Crippen MR) is 120 cm³/mol. The van der Waals surface area contributed by atoms with Gasteiger partial charge in [-0.3, -0.25) is 9.59 Å². The van der Waals surface area contributed by atoms with Crippen LogP contribution in [-0.2, 0) is 16.1 Å². The van der Waals surface area contributed by atoms with Crippen LogP contribution in [0.3, 0.4) is 0 Å². The fourth-order valence-corrected chi connectivity index (χ4v) is 3.20. The maximum atomic E-state index is 13.0. The first-order valence-electron chi connectivity index (χ1n) is 10.5. The number of rotatable bonds is 9. The zero-order valence-electron chi connectivity index (χ0n) is 19.2. The number of nitrogens with zero attached hydrogens (tertiary/aromatic N) is 3. The summed E-state index contributed by atoms with van der Waals surface area (Å²) in [4.78, 5) is 31.3. The molecule has 29 heavy (non-hydrogen) atoms. The van der Waals surface area contributed by atoms with Crippen LogP contribution in [-0.4, -0.2) is 62.9 Å². The molecule has 2 rings (SSSR count). The van der Waals surface area contributed by atoms with Crippen LogP contribution in [0.4, 0.5) is 11.4 Å². The van der Waals surface area contributed by atoms with Crippen LogP contribution < -0.4 is 10.2 Å². The third-order valence-corrected chi connectivity index (χ3v) is 4.99. The molecule has 0 saturated heterocycles. The lowest BCUT2D eigenvalue weighted by atomic mass is 9.91. The SMILES string of the molecule is CN(C)CCN(Cc1cc(NC(=O)C2CC2)ccc1N(C)C)C(=O)CC(C)(C)C. The van der Waals surface area contributed by atoms with Gasteiger partial charge in [0.15, 0.2) is 0 Å². The van der Waals surface area contributed by atoms with Crippen molar-refractivity contribution < 1.29 is 9.59 Å². The Morgan fingerprint density at radius 2 is 1.72 bits per heavy atom. The first-order chi connectivity index (χ1) is 13.5. The van der Waals surface area contributed by atoms with Crippen LogP contribution in [0.15, 0.2) is 18.2 Å². The van der Waals surface area contributed by atoms with Crippen LogP contribution in [0.5, 0.6) is 0 Å². The Morgan fingerprint density at radius 1 is 1.07 bits per heavy atom. The quantitative estimate of drug-likeness (QED) is 0.688. The number of benzene rings is 1. The molecule has 1 aliphatic rings. The highest BCUT2D eigenvalue weighted by Gasteiger charge is 2.29. The molecule has 1 saturated carbocycles. The van der Waals surface area contributed by atoms with Crippen LogP contribution >= 0.6 is 0 Å². The van der Waals surface area contributed by atoms with E-state index in [-0.39, 0.29) is 23.1 Å². The summed E-state index contributed by atoms with van der Waals surface area (Å²) < 4.78 is 0. The summed E-state index contributed by atoms with van der Waals surface area (Å²) in [7, 11) is 8.04. The molecule has 1 aromatic carbocycles. The smallest absolute Gasteiger partial charge is 0.227 e. The molecule has 1 aromatic rings. The minimum absolute atomic E-state index is 0.0576. The van der Waals surface area contributed by atoms with Crippen molar-refractivity contribution >= 4 is 23.2 Å². The minimum Gasteiger partial charge on any atom is -0.377 e. The van der Waals surface area contributed by atoms with Gasteiger partial charge in [0.25, 0.3) is 0 Å². The Kier molecular flexibility index (Phi) is 7.69. The molecule has 0 radical (unpaired) electrons. The molecular weight excluding hydrogens is 364 g/mol. The molecular formula is C23H38N4O2. The summed E-state index contributed by atoms with van der Waals surface area (Å²) in [5, 5.41) is 3.03. The summed E-state index contributed by atoms with van der Waals surface area (Å²) >= 11 is 0. The topological polar surface area (TPSA) is 55.9 Å². The molecule has 2 amide bonds. The lowest BCUT2D eigenvalue weighted by Gasteiger charge is -2.29. The Bertz CT molecular complexity index is 718. The Labute approximate surface area is 176 Å². The molecule has 1 fully saturated rings. The van der Waals surface area contributed by atoms with Crippen molar-refractivity contribution in [1.82, 2.24) is 9.80 Å². The fraction of sp³-hybridized carbons (Fsp3) is 0.652. The Balaban J connectivity index is 2.25.